The molecule has 1 aromatic heterocycles. The molecule has 0 aliphatic carbocycles. The molecule has 0 radical (unpaired) electrons. The van der Waals surface area contributed by atoms with Crippen LogP contribution in [0.2, 0.25) is 5.02 Å². The SMILES string of the molecule is CN(Cc1csc(Br)c1)C(=O)c1ccc(Cl)cc1. The van der Waals surface area contributed by atoms with Crippen molar-refractivity contribution in [3.8, 4) is 0 Å². The van der Waals surface area contributed by atoms with Crippen molar-refractivity contribution in [3.63, 3.8) is 0 Å². The predicted molar refractivity (Wildman–Crippen MR) is 79.3 cm³/mol. The van der Waals surface area contributed by atoms with Crippen LogP contribution in [-0.2, 0) is 6.54 Å². The Morgan fingerprint density at radius 1 is 1.39 bits per heavy atom. The summed E-state index contributed by atoms with van der Waals surface area (Å²) in [6.45, 7) is 0.601. The van der Waals surface area contributed by atoms with E-state index >= 15 is 0 Å². The zero-order valence-corrected chi connectivity index (χ0v) is 12.8. The van der Waals surface area contributed by atoms with Crippen molar-refractivity contribution < 1.29 is 4.79 Å². The second-order valence-corrected chi connectivity index (χ2v) is 6.65. The van der Waals surface area contributed by atoms with E-state index in [2.05, 4.69) is 15.9 Å². The number of benzene rings is 1. The molecule has 0 saturated carbocycles. The molecule has 2 aromatic rings. The molecule has 0 aliphatic rings. The Kier molecular flexibility index (Phi) is 4.43. The quantitative estimate of drug-likeness (QED) is 0.806. The van der Waals surface area contributed by atoms with Crippen LogP contribution in [0.25, 0.3) is 0 Å². The van der Waals surface area contributed by atoms with E-state index < -0.39 is 0 Å². The van der Waals surface area contributed by atoms with Gasteiger partial charge in [0.05, 0.1) is 3.79 Å². The Labute approximate surface area is 123 Å². The zero-order chi connectivity index (χ0) is 13.1. The summed E-state index contributed by atoms with van der Waals surface area (Å²) in [5, 5.41) is 2.67. The summed E-state index contributed by atoms with van der Waals surface area (Å²) < 4.78 is 1.07. The van der Waals surface area contributed by atoms with Crippen LogP contribution >= 0.6 is 38.9 Å². The van der Waals surface area contributed by atoms with E-state index in [-0.39, 0.29) is 5.91 Å². The van der Waals surface area contributed by atoms with Gasteiger partial charge in [-0.1, -0.05) is 11.6 Å². The van der Waals surface area contributed by atoms with Gasteiger partial charge < -0.3 is 4.90 Å². The van der Waals surface area contributed by atoms with Gasteiger partial charge in [0, 0.05) is 24.2 Å². The summed E-state index contributed by atoms with van der Waals surface area (Å²) in [5.74, 6) is -0.00557. The van der Waals surface area contributed by atoms with Gasteiger partial charge in [0.15, 0.2) is 0 Å². The van der Waals surface area contributed by atoms with Gasteiger partial charge in [0.1, 0.15) is 0 Å². The summed E-state index contributed by atoms with van der Waals surface area (Å²) in [7, 11) is 1.79. The van der Waals surface area contributed by atoms with Crippen molar-refractivity contribution in [3.05, 3.63) is 55.6 Å². The fraction of sp³-hybridized carbons (Fsp3) is 0.154. The summed E-state index contributed by atoms with van der Waals surface area (Å²) in [6, 6.07) is 8.96. The number of hydrogen-bond acceptors (Lipinski definition) is 2. The lowest BCUT2D eigenvalue weighted by Gasteiger charge is -2.16. The van der Waals surface area contributed by atoms with Crippen LogP contribution in [0.4, 0.5) is 0 Å². The molecule has 0 fully saturated rings. The highest BCUT2D eigenvalue weighted by Crippen LogP contribution is 2.22. The second kappa shape index (κ2) is 5.87. The van der Waals surface area contributed by atoms with E-state index in [0.29, 0.717) is 17.1 Å². The fourth-order valence-electron chi connectivity index (χ4n) is 1.59. The number of halogens is 2. The van der Waals surface area contributed by atoms with Gasteiger partial charge in [-0.2, -0.15) is 0 Å². The molecule has 0 spiro atoms. The summed E-state index contributed by atoms with van der Waals surface area (Å²) in [5.41, 5.74) is 1.77. The minimum absolute atomic E-state index is 0.00557. The highest BCUT2D eigenvalue weighted by molar-refractivity contribution is 9.11. The molecule has 0 atom stereocenters. The fourth-order valence-corrected chi connectivity index (χ4v) is 2.91. The molecule has 1 aromatic carbocycles. The van der Waals surface area contributed by atoms with Gasteiger partial charge in [-0.05, 0) is 57.2 Å². The topological polar surface area (TPSA) is 20.3 Å². The standard InChI is InChI=1S/C13H11BrClNOS/c1-16(7-9-6-12(14)18-8-9)13(17)10-2-4-11(15)5-3-10/h2-6,8H,7H2,1H3. The minimum Gasteiger partial charge on any atom is -0.337 e. The molecule has 2 rings (SSSR count). The molecular formula is C13H11BrClNOS. The predicted octanol–water partition coefficient (Wildman–Crippen LogP) is 4.44. The summed E-state index contributed by atoms with van der Waals surface area (Å²) in [4.78, 5) is 13.8. The number of thiophene rings is 1. The molecular weight excluding hydrogens is 334 g/mol. The van der Waals surface area contributed by atoms with Crippen LogP contribution < -0.4 is 0 Å². The molecule has 0 unspecified atom stereocenters. The lowest BCUT2D eigenvalue weighted by atomic mass is 10.2. The molecule has 5 heteroatoms. The molecule has 0 bridgehead atoms. The third-order valence-electron chi connectivity index (χ3n) is 2.48. The summed E-state index contributed by atoms with van der Waals surface area (Å²) in [6.07, 6.45) is 0. The van der Waals surface area contributed by atoms with Crippen molar-refractivity contribution >= 4 is 44.8 Å². The van der Waals surface area contributed by atoms with Crippen LogP contribution in [0.3, 0.4) is 0 Å². The lowest BCUT2D eigenvalue weighted by molar-refractivity contribution is 0.0785. The molecule has 1 heterocycles. The van der Waals surface area contributed by atoms with E-state index in [0.717, 1.165) is 9.35 Å². The molecule has 1 amide bonds. The first kappa shape index (κ1) is 13.6. The minimum atomic E-state index is -0.00557. The van der Waals surface area contributed by atoms with Crippen molar-refractivity contribution in [1.29, 1.82) is 0 Å². The average Bonchev–Trinajstić information content (AvgIpc) is 2.75. The highest BCUT2D eigenvalue weighted by Gasteiger charge is 2.12. The van der Waals surface area contributed by atoms with E-state index in [1.807, 2.05) is 11.4 Å². The van der Waals surface area contributed by atoms with E-state index in [1.54, 1.807) is 47.5 Å². The van der Waals surface area contributed by atoms with Crippen LogP contribution in [0.5, 0.6) is 0 Å². The third-order valence-corrected chi connectivity index (χ3v) is 4.28. The van der Waals surface area contributed by atoms with Crippen molar-refractivity contribution in [2.45, 2.75) is 6.54 Å². The van der Waals surface area contributed by atoms with Gasteiger partial charge in [0.25, 0.3) is 5.91 Å². The Morgan fingerprint density at radius 2 is 2.06 bits per heavy atom. The maximum absolute atomic E-state index is 12.1. The normalized spacial score (nSPS) is 10.4. The lowest BCUT2D eigenvalue weighted by Crippen LogP contribution is -2.25. The Morgan fingerprint density at radius 3 is 2.61 bits per heavy atom. The Hall–Kier alpha value is -0.840. The first-order valence-electron chi connectivity index (χ1n) is 5.30. The first-order chi connectivity index (χ1) is 8.56. The van der Waals surface area contributed by atoms with Crippen molar-refractivity contribution in [1.82, 2.24) is 4.90 Å². The molecule has 94 valence electrons. The van der Waals surface area contributed by atoms with Gasteiger partial charge in [-0.25, -0.2) is 0 Å². The second-order valence-electron chi connectivity index (χ2n) is 3.93. The summed E-state index contributed by atoms with van der Waals surface area (Å²) >= 11 is 10.8. The third kappa shape index (κ3) is 3.34. The molecule has 0 aliphatic heterocycles. The Balaban J connectivity index is 2.07. The number of amides is 1. The van der Waals surface area contributed by atoms with Crippen LogP contribution in [-0.4, -0.2) is 17.9 Å². The highest BCUT2D eigenvalue weighted by atomic mass is 79.9. The van der Waals surface area contributed by atoms with Crippen LogP contribution in [0.15, 0.2) is 39.5 Å². The smallest absolute Gasteiger partial charge is 0.253 e. The van der Waals surface area contributed by atoms with Crippen molar-refractivity contribution in [2.75, 3.05) is 7.05 Å². The number of hydrogen-bond donors (Lipinski definition) is 0. The molecule has 2 nitrogen and oxygen atoms in total. The van der Waals surface area contributed by atoms with Gasteiger partial charge >= 0.3 is 0 Å². The zero-order valence-electron chi connectivity index (χ0n) is 9.69. The largest absolute Gasteiger partial charge is 0.337 e. The maximum atomic E-state index is 12.1. The van der Waals surface area contributed by atoms with E-state index in [9.17, 15) is 4.79 Å². The number of rotatable bonds is 3. The first-order valence-corrected chi connectivity index (χ1v) is 7.35. The number of nitrogens with zero attached hydrogens (tertiary/aromatic N) is 1. The average molecular weight is 345 g/mol. The number of carbonyl (C=O) groups excluding carboxylic acids is 1. The molecule has 0 N–H and O–H groups in total. The van der Waals surface area contributed by atoms with Gasteiger partial charge in [-0.15, -0.1) is 11.3 Å². The Bertz CT molecular complexity index is 552. The van der Waals surface area contributed by atoms with Crippen LogP contribution in [0.1, 0.15) is 15.9 Å². The van der Waals surface area contributed by atoms with Crippen molar-refractivity contribution in [2.24, 2.45) is 0 Å². The van der Waals surface area contributed by atoms with Gasteiger partial charge in [0.2, 0.25) is 0 Å². The molecule has 18 heavy (non-hydrogen) atoms. The maximum Gasteiger partial charge on any atom is 0.253 e. The van der Waals surface area contributed by atoms with E-state index in [1.165, 1.54) is 0 Å². The monoisotopic (exact) mass is 343 g/mol. The van der Waals surface area contributed by atoms with Crippen LogP contribution in [0, 0.1) is 0 Å². The van der Waals surface area contributed by atoms with Gasteiger partial charge in [-0.3, -0.25) is 4.79 Å². The number of carbonyl (C=O) groups is 1. The van der Waals surface area contributed by atoms with E-state index in [4.69, 9.17) is 11.6 Å². The molecule has 0 saturated heterocycles.